The summed E-state index contributed by atoms with van der Waals surface area (Å²) in [5.41, 5.74) is 1.58. The molecule has 1 saturated heterocycles. The number of aromatic nitrogens is 2. The molecule has 23 heavy (non-hydrogen) atoms. The van der Waals surface area contributed by atoms with Gasteiger partial charge >= 0.3 is 5.97 Å². The van der Waals surface area contributed by atoms with Crippen LogP contribution >= 0.6 is 11.3 Å². The topological polar surface area (TPSA) is 84.1 Å². The van der Waals surface area contributed by atoms with Crippen molar-refractivity contribution in [3.8, 4) is 0 Å². The van der Waals surface area contributed by atoms with Gasteiger partial charge in [0.15, 0.2) is 4.96 Å². The highest BCUT2D eigenvalue weighted by Gasteiger charge is 2.46. The van der Waals surface area contributed by atoms with Gasteiger partial charge in [0.2, 0.25) is 5.91 Å². The van der Waals surface area contributed by atoms with Gasteiger partial charge in [-0.25, -0.2) is 4.98 Å². The van der Waals surface area contributed by atoms with Crippen LogP contribution < -0.4 is 0 Å². The number of methoxy groups -OCH3 is 1. The van der Waals surface area contributed by atoms with Gasteiger partial charge in [-0.15, -0.1) is 11.3 Å². The number of aliphatic carboxylic acids is 1. The Morgan fingerprint density at radius 1 is 1.57 bits per heavy atom. The minimum Gasteiger partial charge on any atom is -0.481 e. The lowest BCUT2D eigenvalue weighted by Crippen LogP contribution is -2.33. The van der Waals surface area contributed by atoms with Gasteiger partial charge in [0.05, 0.1) is 23.3 Å². The van der Waals surface area contributed by atoms with Crippen molar-refractivity contribution in [1.82, 2.24) is 14.3 Å². The maximum atomic E-state index is 12.4. The van der Waals surface area contributed by atoms with E-state index in [4.69, 9.17) is 4.74 Å². The number of carboxylic acids is 1. The number of aryl methyl sites for hydroxylation is 1. The third-order valence-corrected chi connectivity index (χ3v) is 5.02. The first-order chi connectivity index (χ1) is 11.0. The van der Waals surface area contributed by atoms with Crippen molar-refractivity contribution >= 4 is 28.2 Å². The molecule has 1 amide bonds. The van der Waals surface area contributed by atoms with E-state index in [1.165, 1.54) is 11.3 Å². The molecule has 2 aromatic heterocycles. The third-order valence-electron chi connectivity index (χ3n) is 4.26. The van der Waals surface area contributed by atoms with E-state index in [0.717, 1.165) is 16.3 Å². The molecule has 2 atom stereocenters. The molecule has 0 bridgehead atoms. The van der Waals surface area contributed by atoms with Gasteiger partial charge in [0.25, 0.3) is 0 Å². The molecule has 0 radical (unpaired) electrons. The Morgan fingerprint density at radius 3 is 3.04 bits per heavy atom. The summed E-state index contributed by atoms with van der Waals surface area (Å²) in [5.74, 6) is -1.81. The lowest BCUT2D eigenvalue weighted by molar-refractivity contribution is -0.142. The first-order valence-corrected chi connectivity index (χ1v) is 8.35. The quantitative estimate of drug-likeness (QED) is 0.811. The molecule has 0 aromatic carbocycles. The third kappa shape index (κ3) is 2.72. The fourth-order valence-electron chi connectivity index (χ4n) is 3.26. The number of amides is 1. The van der Waals surface area contributed by atoms with E-state index in [-0.39, 0.29) is 12.3 Å². The monoisotopic (exact) mass is 337 g/mol. The van der Waals surface area contributed by atoms with Gasteiger partial charge in [-0.05, 0) is 13.3 Å². The molecule has 0 saturated carbocycles. The SMILES string of the molecule is COCCCN1C(=O)CC(C(=O)O)C1c1c(C)nc2sccn12. The maximum Gasteiger partial charge on any atom is 0.309 e. The molecular formula is C15H19N3O4S. The van der Waals surface area contributed by atoms with Crippen LogP contribution in [-0.4, -0.2) is 51.5 Å². The Hall–Kier alpha value is -1.93. The fourth-order valence-corrected chi connectivity index (χ4v) is 4.03. The van der Waals surface area contributed by atoms with Gasteiger partial charge in [-0.3, -0.25) is 14.0 Å². The molecule has 124 valence electrons. The van der Waals surface area contributed by atoms with E-state index in [2.05, 4.69) is 4.98 Å². The number of nitrogens with zero attached hydrogens (tertiary/aromatic N) is 3. The Morgan fingerprint density at radius 2 is 2.35 bits per heavy atom. The molecule has 3 heterocycles. The van der Waals surface area contributed by atoms with Crippen LogP contribution in [0, 0.1) is 12.8 Å². The smallest absolute Gasteiger partial charge is 0.309 e. The number of carbonyl (C=O) groups is 2. The number of rotatable bonds is 6. The molecule has 0 spiro atoms. The molecule has 1 fully saturated rings. The van der Waals surface area contributed by atoms with Crippen molar-refractivity contribution in [1.29, 1.82) is 0 Å². The number of hydrogen-bond donors (Lipinski definition) is 1. The van der Waals surface area contributed by atoms with Crippen molar-refractivity contribution < 1.29 is 19.4 Å². The predicted octanol–water partition coefficient (Wildman–Crippen LogP) is 1.71. The number of hydrogen-bond acceptors (Lipinski definition) is 5. The number of carbonyl (C=O) groups excluding carboxylic acids is 1. The van der Waals surface area contributed by atoms with Crippen LogP contribution in [0.25, 0.3) is 4.96 Å². The molecule has 8 heteroatoms. The van der Waals surface area contributed by atoms with Crippen LogP contribution in [0.3, 0.4) is 0 Å². The van der Waals surface area contributed by atoms with Crippen LogP contribution in [0.15, 0.2) is 11.6 Å². The first-order valence-electron chi connectivity index (χ1n) is 7.48. The highest BCUT2D eigenvalue weighted by Crippen LogP contribution is 2.40. The molecule has 0 aliphatic carbocycles. The maximum absolute atomic E-state index is 12.4. The summed E-state index contributed by atoms with van der Waals surface area (Å²) in [6, 6.07) is -0.485. The number of likely N-dealkylation sites (tertiary alicyclic amines) is 1. The van der Waals surface area contributed by atoms with Crippen molar-refractivity contribution in [3.05, 3.63) is 23.0 Å². The van der Waals surface area contributed by atoms with E-state index >= 15 is 0 Å². The van der Waals surface area contributed by atoms with E-state index in [1.807, 2.05) is 22.9 Å². The molecule has 7 nitrogen and oxygen atoms in total. The second kappa shape index (κ2) is 6.29. The lowest BCUT2D eigenvalue weighted by Gasteiger charge is -2.27. The zero-order valence-corrected chi connectivity index (χ0v) is 13.9. The minimum atomic E-state index is -0.942. The van der Waals surface area contributed by atoms with Crippen molar-refractivity contribution in [2.45, 2.75) is 25.8 Å². The largest absolute Gasteiger partial charge is 0.481 e. The van der Waals surface area contributed by atoms with Crippen molar-refractivity contribution in [2.75, 3.05) is 20.3 Å². The normalized spacial score (nSPS) is 21.5. The summed E-state index contributed by atoms with van der Waals surface area (Å²) >= 11 is 1.50. The van der Waals surface area contributed by atoms with Crippen molar-refractivity contribution in [3.63, 3.8) is 0 Å². The van der Waals surface area contributed by atoms with Gasteiger partial charge in [0, 0.05) is 38.3 Å². The number of imidazole rings is 1. The van der Waals surface area contributed by atoms with Gasteiger partial charge in [-0.2, -0.15) is 0 Å². The molecule has 2 aromatic rings. The van der Waals surface area contributed by atoms with Crippen molar-refractivity contribution in [2.24, 2.45) is 5.92 Å². The van der Waals surface area contributed by atoms with Gasteiger partial charge in [0.1, 0.15) is 0 Å². The first kappa shape index (κ1) is 15.9. The number of fused-ring (bicyclic) bond motifs is 1. The zero-order valence-electron chi connectivity index (χ0n) is 13.1. The predicted molar refractivity (Wildman–Crippen MR) is 84.5 cm³/mol. The zero-order chi connectivity index (χ0) is 16.6. The minimum absolute atomic E-state index is 0.0315. The summed E-state index contributed by atoms with van der Waals surface area (Å²) in [4.78, 5) is 31.0. The second-order valence-electron chi connectivity index (χ2n) is 5.67. The molecule has 1 N–H and O–H groups in total. The van der Waals surface area contributed by atoms with E-state index < -0.39 is 17.9 Å². The van der Waals surface area contributed by atoms with Crippen LogP contribution in [0.5, 0.6) is 0 Å². The Kier molecular flexibility index (Phi) is 4.36. The highest BCUT2D eigenvalue weighted by atomic mass is 32.1. The Labute approximate surface area is 137 Å². The van der Waals surface area contributed by atoms with Crippen LogP contribution in [-0.2, 0) is 14.3 Å². The summed E-state index contributed by atoms with van der Waals surface area (Å²) in [5, 5.41) is 11.5. The number of ether oxygens (including phenoxy) is 1. The molecule has 2 unspecified atom stereocenters. The molecule has 1 aliphatic rings. The summed E-state index contributed by atoms with van der Waals surface area (Å²) < 4.78 is 6.95. The number of thiazole rings is 1. The van der Waals surface area contributed by atoms with Gasteiger partial charge < -0.3 is 14.7 Å². The Balaban J connectivity index is 2.02. The van der Waals surface area contributed by atoms with E-state index in [0.29, 0.717) is 19.6 Å². The standard InChI is InChI=1S/C15H19N3O4S/c1-9-12(18-5-7-23-15(18)16-9)13-10(14(20)21)8-11(19)17(13)4-3-6-22-2/h5,7,10,13H,3-4,6,8H2,1-2H3,(H,20,21). The Bertz CT molecular complexity index is 738. The summed E-state index contributed by atoms with van der Waals surface area (Å²) in [7, 11) is 1.61. The second-order valence-corrected chi connectivity index (χ2v) is 6.54. The average molecular weight is 337 g/mol. The van der Waals surface area contributed by atoms with E-state index in [9.17, 15) is 14.7 Å². The van der Waals surface area contributed by atoms with Gasteiger partial charge in [-0.1, -0.05) is 0 Å². The van der Waals surface area contributed by atoms with Crippen LogP contribution in [0.2, 0.25) is 0 Å². The van der Waals surface area contributed by atoms with Crippen LogP contribution in [0.4, 0.5) is 0 Å². The summed E-state index contributed by atoms with van der Waals surface area (Å²) in [6.45, 7) is 2.88. The number of carboxylic acid groups (broad SMARTS) is 1. The molecular weight excluding hydrogens is 318 g/mol. The molecule has 3 rings (SSSR count). The fraction of sp³-hybridized carbons (Fsp3) is 0.533. The van der Waals surface area contributed by atoms with E-state index in [1.54, 1.807) is 12.0 Å². The lowest BCUT2D eigenvalue weighted by atomic mass is 9.96. The highest BCUT2D eigenvalue weighted by molar-refractivity contribution is 7.15. The summed E-state index contributed by atoms with van der Waals surface area (Å²) in [6.07, 6.45) is 2.59. The molecule has 1 aliphatic heterocycles. The van der Waals surface area contributed by atoms with Crippen LogP contribution in [0.1, 0.15) is 30.3 Å². The average Bonchev–Trinajstić information content (AvgIpc) is 3.14.